The van der Waals surface area contributed by atoms with Gasteiger partial charge in [-0.3, -0.25) is 0 Å². The van der Waals surface area contributed by atoms with Gasteiger partial charge >= 0.3 is 0 Å². The van der Waals surface area contributed by atoms with Crippen molar-refractivity contribution in [3.8, 4) is 0 Å². The minimum Gasteiger partial charge on any atom is -0.155 e. The first-order chi connectivity index (χ1) is 5.91. The molecule has 5 rings (SSSR count). The van der Waals surface area contributed by atoms with Crippen LogP contribution in [0.3, 0.4) is 0 Å². The lowest BCUT2D eigenvalue weighted by atomic mass is 9.87. The highest BCUT2D eigenvalue weighted by Crippen LogP contribution is 2.84. The molecular weight excluding hydrogens is 224 g/mol. The molecule has 4 heteroatoms. The Hall–Kier alpha value is 1.40. The maximum absolute atomic E-state index is 2.35. The summed E-state index contributed by atoms with van der Waals surface area (Å²) in [7, 11) is 0. The van der Waals surface area contributed by atoms with Gasteiger partial charge in [-0.2, -0.15) is 23.5 Å². The number of rotatable bonds is 1. The molecule has 4 aliphatic heterocycles. The van der Waals surface area contributed by atoms with Crippen LogP contribution < -0.4 is 0 Å². The van der Waals surface area contributed by atoms with Crippen molar-refractivity contribution < 1.29 is 0 Å². The Labute approximate surface area is 88.8 Å². The van der Waals surface area contributed by atoms with Crippen molar-refractivity contribution in [2.45, 2.75) is 36.2 Å². The van der Waals surface area contributed by atoms with E-state index in [1.807, 2.05) is 0 Å². The van der Waals surface area contributed by atoms with Gasteiger partial charge in [0.1, 0.15) is 0 Å². The van der Waals surface area contributed by atoms with Crippen LogP contribution in [0.5, 0.6) is 0 Å². The molecule has 5 fully saturated rings. The number of fused-ring (bicyclic) bond motifs is 6. The lowest BCUT2D eigenvalue weighted by molar-refractivity contribution is 0.589. The van der Waals surface area contributed by atoms with Crippen LogP contribution in [0.25, 0.3) is 0 Å². The first kappa shape index (κ1) is 6.81. The summed E-state index contributed by atoms with van der Waals surface area (Å²) in [6.45, 7) is 0. The summed E-state index contributed by atoms with van der Waals surface area (Å²) in [5.41, 5.74) is 0. The van der Waals surface area contributed by atoms with Crippen molar-refractivity contribution in [3.05, 3.63) is 0 Å². The molecule has 0 nitrogen and oxygen atoms in total. The molecule has 0 aromatic rings. The fraction of sp³-hybridized carbons (Fsp3) is 1.00. The molecule has 5 aliphatic rings. The zero-order chi connectivity index (χ0) is 7.50. The molecule has 64 valence electrons. The smallest absolute Gasteiger partial charge is 0.0549 e. The van der Waals surface area contributed by atoms with E-state index in [4.69, 9.17) is 0 Å². The van der Waals surface area contributed by atoms with Gasteiger partial charge in [-0.05, 0) is 0 Å². The first-order valence-electron chi connectivity index (χ1n) is 4.51. The highest BCUT2D eigenvalue weighted by molar-refractivity contribution is 8.19. The Morgan fingerprint density at radius 2 is 1.83 bits per heavy atom. The van der Waals surface area contributed by atoms with Gasteiger partial charge in [-0.15, -0.1) is 23.5 Å². The Balaban J connectivity index is 1.64. The van der Waals surface area contributed by atoms with E-state index in [0.717, 1.165) is 36.2 Å². The molecule has 1 aliphatic carbocycles. The third-order valence-electron chi connectivity index (χ3n) is 3.71. The Morgan fingerprint density at radius 3 is 2.67 bits per heavy atom. The van der Waals surface area contributed by atoms with Crippen LogP contribution >= 0.6 is 47.0 Å². The summed E-state index contributed by atoms with van der Waals surface area (Å²) in [5.74, 6) is 1.48. The second kappa shape index (κ2) is 1.74. The van der Waals surface area contributed by atoms with Gasteiger partial charge in [0.15, 0.2) is 0 Å². The van der Waals surface area contributed by atoms with Gasteiger partial charge in [-0.25, -0.2) is 0 Å². The molecule has 1 saturated carbocycles. The fourth-order valence-corrected chi connectivity index (χ4v) is 10.5. The predicted octanol–water partition coefficient (Wildman–Crippen LogP) is 1.94. The van der Waals surface area contributed by atoms with E-state index < -0.39 is 0 Å². The summed E-state index contributed by atoms with van der Waals surface area (Å²) in [6, 6.07) is 0. The standard InChI is InChI=1S/C8H8S4/c1-2(9-1)8-6-4(11-6)3-5(10-3)7(8)12-8/h2-7H,1H2. The van der Waals surface area contributed by atoms with Crippen molar-refractivity contribution in [2.24, 2.45) is 0 Å². The molecule has 0 spiro atoms. The topological polar surface area (TPSA) is 0 Å². The Kier molecular flexibility index (Phi) is 0.989. The maximum atomic E-state index is 2.35. The van der Waals surface area contributed by atoms with Crippen LogP contribution in [0.15, 0.2) is 0 Å². The molecule has 4 saturated heterocycles. The molecule has 7 atom stereocenters. The largest absolute Gasteiger partial charge is 0.155 e. The zero-order valence-electron chi connectivity index (χ0n) is 6.30. The monoisotopic (exact) mass is 232 g/mol. The van der Waals surface area contributed by atoms with Crippen LogP contribution in [0, 0.1) is 0 Å². The van der Waals surface area contributed by atoms with Crippen molar-refractivity contribution in [3.63, 3.8) is 0 Å². The van der Waals surface area contributed by atoms with E-state index in [2.05, 4.69) is 47.0 Å². The highest BCUT2D eigenvalue weighted by Gasteiger charge is 2.84. The molecule has 0 radical (unpaired) electrons. The summed E-state index contributed by atoms with van der Waals surface area (Å²) >= 11 is 9.18. The Bertz CT molecular complexity index is 279. The van der Waals surface area contributed by atoms with Crippen molar-refractivity contribution in [1.29, 1.82) is 0 Å². The molecule has 12 heavy (non-hydrogen) atoms. The molecule has 0 aromatic carbocycles. The van der Waals surface area contributed by atoms with Crippen LogP contribution in [0.4, 0.5) is 0 Å². The summed E-state index contributed by atoms with van der Waals surface area (Å²) in [6.07, 6.45) is 0. The van der Waals surface area contributed by atoms with Gasteiger partial charge in [0.25, 0.3) is 0 Å². The SMILES string of the molecule is C1SC1C12SC1C1SC1C1SC12. The van der Waals surface area contributed by atoms with Gasteiger partial charge in [0.2, 0.25) is 0 Å². The van der Waals surface area contributed by atoms with E-state index >= 15 is 0 Å². The predicted molar refractivity (Wildman–Crippen MR) is 60.7 cm³/mol. The van der Waals surface area contributed by atoms with Crippen LogP contribution in [0.1, 0.15) is 0 Å². The van der Waals surface area contributed by atoms with Crippen molar-refractivity contribution >= 4 is 47.0 Å². The minimum absolute atomic E-state index is 0.824. The van der Waals surface area contributed by atoms with Crippen molar-refractivity contribution in [1.82, 2.24) is 0 Å². The third kappa shape index (κ3) is 0.598. The average molecular weight is 232 g/mol. The lowest BCUT2D eigenvalue weighted by Gasteiger charge is -2.14. The quantitative estimate of drug-likeness (QED) is 0.633. The van der Waals surface area contributed by atoms with Gasteiger partial charge in [0, 0.05) is 37.3 Å². The molecule has 0 aromatic heterocycles. The van der Waals surface area contributed by atoms with Gasteiger partial charge in [-0.1, -0.05) is 0 Å². The number of thioether (sulfide) groups is 4. The average Bonchev–Trinajstić information content (AvgIpc) is 2.84. The summed E-state index contributed by atoms with van der Waals surface area (Å²) in [5, 5.41) is 6.60. The van der Waals surface area contributed by atoms with E-state index in [0.29, 0.717) is 0 Å². The van der Waals surface area contributed by atoms with Crippen molar-refractivity contribution in [2.75, 3.05) is 5.75 Å². The molecule has 0 N–H and O–H groups in total. The first-order valence-corrected chi connectivity index (χ1v) is 8.33. The Morgan fingerprint density at radius 1 is 1.00 bits per heavy atom. The van der Waals surface area contributed by atoms with Gasteiger partial charge < -0.3 is 0 Å². The summed E-state index contributed by atoms with van der Waals surface area (Å²) < 4.78 is 0.824. The summed E-state index contributed by atoms with van der Waals surface area (Å²) in [4.78, 5) is 0. The molecule has 0 bridgehead atoms. The zero-order valence-corrected chi connectivity index (χ0v) is 9.57. The maximum Gasteiger partial charge on any atom is 0.0549 e. The van der Waals surface area contributed by atoms with E-state index in [1.54, 1.807) is 0 Å². The fourth-order valence-electron chi connectivity index (χ4n) is 2.87. The minimum atomic E-state index is 0.824. The molecular formula is C8H8S4. The van der Waals surface area contributed by atoms with Crippen LogP contribution in [-0.2, 0) is 0 Å². The lowest BCUT2D eigenvalue weighted by Crippen LogP contribution is -2.36. The second-order valence-corrected chi connectivity index (χ2v) is 9.67. The second-order valence-electron chi connectivity index (χ2n) is 4.30. The normalized spacial score (nSPS) is 80.0. The van der Waals surface area contributed by atoms with E-state index in [1.165, 1.54) is 5.75 Å². The van der Waals surface area contributed by atoms with E-state index in [-0.39, 0.29) is 0 Å². The number of hydrogen-bond acceptors (Lipinski definition) is 4. The van der Waals surface area contributed by atoms with Crippen LogP contribution in [-0.4, -0.2) is 42.0 Å². The molecule has 4 heterocycles. The number of hydrogen-bond donors (Lipinski definition) is 0. The van der Waals surface area contributed by atoms with Gasteiger partial charge in [0.05, 0.1) is 4.75 Å². The highest BCUT2D eigenvalue weighted by atomic mass is 32.2. The van der Waals surface area contributed by atoms with Crippen LogP contribution in [0.2, 0.25) is 0 Å². The molecule has 7 unspecified atom stereocenters. The molecule has 0 amide bonds. The van der Waals surface area contributed by atoms with E-state index in [9.17, 15) is 0 Å². The third-order valence-corrected chi connectivity index (χ3v) is 10.3.